The highest BCUT2D eigenvalue weighted by Crippen LogP contribution is 2.11. The zero-order valence-corrected chi connectivity index (χ0v) is 11.9. The van der Waals surface area contributed by atoms with Gasteiger partial charge in [0.1, 0.15) is 0 Å². The van der Waals surface area contributed by atoms with Crippen molar-refractivity contribution < 1.29 is 4.74 Å². The van der Waals surface area contributed by atoms with Crippen molar-refractivity contribution in [1.29, 1.82) is 0 Å². The molecule has 2 heteroatoms. The Morgan fingerprint density at radius 1 is 1.06 bits per heavy atom. The van der Waals surface area contributed by atoms with Crippen molar-refractivity contribution in [2.24, 2.45) is 11.8 Å². The van der Waals surface area contributed by atoms with Gasteiger partial charge in [-0.1, -0.05) is 41.0 Å². The van der Waals surface area contributed by atoms with E-state index in [1.165, 1.54) is 19.3 Å². The highest BCUT2D eigenvalue weighted by Gasteiger charge is 2.08. The van der Waals surface area contributed by atoms with Crippen molar-refractivity contribution in [3.8, 4) is 0 Å². The summed E-state index contributed by atoms with van der Waals surface area (Å²) in [7, 11) is 0. The molecule has 0 aromatic heterocycles. The van der Waals surface area contributed by atoms with Crippen LogP contribution in [0.3, 0.4) is 0 Å². The Bertz CT molecular complexity index is 146. The molecule has 0 saturated heterocycles. The van der Waals surface area contributed by atoms with E-state index in [0.717, 1.165) is 25.7 Å². The maximum atomic E-state index is 5.65. The first kappa shape index (κ1) is 15.9. The molecule has 0 heterocycles. The summed E-state index contributed by atoms with van der Waals surface area (Å²) in [4.78, 5) is 0. The Morgan fingerprint density at radius 3 is 2.25 bits per heavy atom. The summed E-state index contributed by atoms with van der Waals surface area (Å²) in [6, 6.07) is 0.593. The fraction of sp³-hybridized carbons (Fsp3) is 1.00. The number of hydrogen-bond donors (Lipinski definition) is 1. The minimum atomic E-state index is 0.593. The van der Waals surface area contributed by atoms with Gasteiger partial charge < -0.3 is 10.1 Å². The quantitative estimate of drug-likeness (QED) is 0.579. The summed E-state index contributed by atoms with van der Waals surface area (Å²) < 4.78 is 5.65. The third-order valence-electron chi connectivity index (χ3n) is 2.63. The molecule has 98 valence electrons. The van der Waals surface area contributed by atoms with Crippen LogP contribution in [0.5, 0.6) is 0 Å². The lowest BCUT2D eigenvalue weighted by atomic mass is 10.00. The molecule has 0 amide bonds. The molecule has 0 spiro atoms. The second-order valence-electron chi connectivity index (χ2n) is 5.48. The number of rotatable bonds is 10. The van der Waals surface area contributed by atoms with Crippen LogP contribution < -0.4 is 5.32 Å². The molecule has 0 radical (unpaired) electrons. The molecular weight excluding hydrogens is 198 g/mol. The Hall–Kier alpha value is -0.0800. The summed E-state index contributed by atoms with van der Waals surface area (Å²) in [6.45, 7) is 14.0. The van der Waals surface area contributed by atoms with Gasteiger partial charge in [-0.05, 0) is 31.2 Å². The molecule has 0 fully saturated rings. The predicted octanol–water partition coefficient (Wildman–Crippen LogP) is 3.46. The maximum Gasteiger partial charge on any atom is 0.0488 e. The molecule has 0 aliphatic rings. The van der Waals surface area contributed by atoms with Gasteiger partial charge in [-0.25, -0.2) is 0 Å². The highest BCUT2D eigenvalue weighted by atomic mass is 16.5. The maximum absolute atomic E-state index is 5.65. The molecule has 1 N–H and O–H groups in total. The van der Waals surface area contributed by atoms with Crippen molar-refractivity contribution in [2.45, 2.75) is 59.9 Å². The van der Waals surface area contributed by atoms with E-state index in [4.69, 9.17) is 4.74 Å². The van der Waals surface area contributed by atoms with Crippen molar-refractivity contribution in [3.63, 3.8) is 0 Å². The van der Waals surface area contributed by atoms with E-state index in [2.05, 4.69) is 39.9 Å². The normalized spacial score (nSPS) is 13.7. The zero-order chi connectivity index (χ0) is 12.4. The minimum Gasteiger partial charge on any atom is -0.381 e. The molecule has 0 aliphatic carbocycles. The predicted molar refractivity (Wildman–Crippen MR) is 71.8 cm³/mol. The van der Waals surface area contributed by atoms with Crippen LogP contribution in [-0.4, -0.2) is 25.8 Å². The second-order valence-corrected chi connectivity index (χ2v) is 5.48. The van der Waals surface area contributed by atoms with Crippen molar-refractivity contribution in [3.05, 3.63) is 0 Å². The highest BCUT2D eigenvalue weighted by molar-refractivity contribution is 4.64. The lowest BCUT2D eigenvalue weighted by molar-refractivity contribution is 0.0963. The van der Waals surface area contributed by atoms with Crippen LogP contribution in [0.1, 0.15) is 53.9 Å². The van der Waals surface area contributed by atoms with Crippen LogP contribution in [0.4, 0.5) is 0 Å². The van der Waals surface area contributed by atoms with E-state index in [0.29, 0.717) is 12.0 Å². The Kier molecular flexibility index (Phi) is 10.0. The Balaban J connectivity index is 3.59. The van der Waals surface area contributed by atoms with E-state index >= 15 is 0 Å². The minimum absolute atomic E-state index is 0.593. The molecule has 0 rings (SSSR count). The van der Waals surface area contributed by atoms with Crippen molar-refractivity contribution in [1.82, 2.24) is 5.32 Å². The van der Waals surface area contributed by atoms with Crippen LogP contribution in [0.2, 0.25) is 0 Å². The summed E-state index contributed by atoms with van der Waals surface area (Å²) >= 11 is 0. The first-order chi connectivity index (χ1) is 7.56. The van der Waals surface area contributed by atoms with Crippen LogP contribution in [-0.2, 0) is 4.74 Å². The largest absolute Gasteiger partial charge is 0.381 e. The van der Waals surface area contributed by atoms with Gasteiger partial charge in [0.25, 0.3) is 0 Å². The van der Waals surface area contributed by atoms with Gasteiger partial charge >= 0.3 is 0 Å². The number of ether oxygens (including phenoxy) is 1. The first-order valence-electron chi connectivity index (χ1n) is 6.87. The van der Waals surface area contributed by atoms with E-state index in [1.54, 1.807) is 0 Å². The average molecular weight is 229 g/mol. The standard InChI is InChI=1S/C14H31NO/c1-6-7-14(10-15-13(4)5)8-9-16-11-12(2)3/h12-15H,6-11H2,1-5H3. The Morgan fingerprint density at radius 2 is 1.75 bits per heavy atom. The SMILES string of the molecule is CCCC(CCOCC(C)C)CNC(C)C. The second kappa shape index (κ2) is 10.1. The van der Waals surface area contributed by atoms with Gasteiger partial charge in [-0.3, -0.25) is 0 Å². The lowest BCUT2D eigenvalue weighted by Gasteiger charge is -2.19. The third kappa shape index (κ3) is 10.4. The lowest BCUT2D eigenvalue weighted by Crippen LogP contribution is -2.29. The van der Waals surface area contributed by atoms with Crippen molar-refractivity contribution in [2.75, 3.05) is 19.8 Å². The fourth-order valence-electron chi connectivity index (χ4n) is 1.73. The fourth-order valence-corrected chi connectivity index (χ4v) is 1.73. The third-order valence-corrected chi connectivity index (χ3v) is 2.63. The van der Waals surface area contributed by atoms with Crippen LogP contribution in [0.15, 0.2) is 0 Å². The van der Waals surface area contributed by atoms with Gasteiger partial charge in [0.2, 0.25) is 0 Å². The van der Waals surface area contributed by atoms with Crippen LogP contribution >= 0.6 is 0 Å². The molecule has 0 aromatic carbocycles. The smallest absolute Gasteiger partial charge is 0.0488 e. The first-order valence-corrected chi connectivity index (χ1v) is 6.87. The summed E-state index contributed by atoms with van der Waals surface area (Å²) in [5.41, 5.74) is 0. The van der Waals surface area contributed by atoms with E-state index in [9.17, 15) is 0 Å². The molecule has 0 bridgehead atoms. The molecule has 16 heavy (non-hydrogen) atoms. The van der Waals surface area contributed by atoms with E-state index < -0.39 is 0 Å². The van der Waals surface area contributed by atoms with E-state index in [-0.39, 0.29) is 0 Å². The van der Waals surface area contributed by atoms with Gasteiger partial charge in [-0.2, -0.15) is 0 Å². The number of hydrogen-bond acceptors (Lipinski definition) is 2. The molecule has 0 saturated carbocycles. The van der Waals surface area contributed by atoms with E-state index in [1.807, 2.05) is 0 Å². The number of nitrogens with one attached hydrogen (secondary N) is 1. The zero-order valence-electron chi connectivity index (χ0n) is 11.9. The summed E-state index contributed by atoms with van der Waals surface area (Å²) in [5.74, 6) is 1.43. The van der Waals surface area contributed by atoms with Crippen LogP contribution in [0.25, 0.3) is 0 Å². The van der Waals surface area contributed by atoms with Gasteiger partial charge in [0.05, 0.1) is 0 Å². The molecule has 1 atom stereocenters. The molecule has 2 nitrogen and oxygen atoms in total. The van der Waals surface area contributed by atoms with Gasteiger partial charge in [-0.15, -0.1) is 0 Å². The average Bonchev–Trinajstić information content (AvgIpc) is 2.20. The molecule has 1 unspecified atom stereocenters. The summed E-state index contributed by atoms with van der Waals surface area (Å²) in [5, 5.41) is 3.52. The van der Waals surface area contributed by atoms with Crippen molar-refractivity contribution >= 4 is 0 Å². The summed E-state index contributed by atoms with van der Waals surface area (Å²) in [6.07, 6.45) is 3.78. The van der Waals surface area contributed by atoms with Gasteiger partial charge in [0, 0.05) is 19.3 Å². The molecule has 0 aromatic rings. The molecule has 0 aliphatic heterocycles. The topological polar surface area (TPSA) is 21.3 Å². The van der Waals surface area contributed by atoms with Gasteiger partial charge in [0.15, 0.2) is 0 Å². The Labute approximate surface area is 102 Å². The van der Waals surface area contributed by atoms with Crippen LogP contribution in [0, 0.1) is 11.8 Å². The monoisotopic (exact) mass is 229 g/mol. The molecular formula is C14H31NO.